The van der Waals surface area contributed by atoms with Crippen LogP contribution in [0.3, 0.4) is 0 Å². The topological polar surface area (TPSA) is 103 Å². The number of carbonyl (C=O) groups excluding carboxylic acids is 2. The van der Waals surface area contributed by atoms with Crippen molar-refractivity contribution in [3.8, 4) is 11.5 Å². The lowest BCUT2D eigenvalue weighted by Crippen LogP contribution is -2.59. The molecule has 0 aromatic heterocycles. The van der Waals surface area contributed by atoms with Gasteiger partial charge < -0.3 is 24.1 Å². The third-order valence-corrected chi connectivity index (χ3v) is 8.17. The lowest BCUT2D eigenvalue weighted by Gasteiger charge is -2.59. The average molecular weight is 448 g/mol. The van der Waals surface area contributed by atoms with Crippen molar-refractivity contribution in [1.29, 1.82) is 0 Å². The van der Waals surface area contributed by atoms with Gasteiger partial charge in [-0.25, -0.2) is 4.79 Å². The molecule has 4 rings (SSSR count). The van der Waals surface area contributed by atoms with Gasteiger partial charge in [0.1, 0.15) is 23.7 Å². The molecule has 1 amide bonds. The molecule has 176 valence electrons. The van der Waals surface area contributed by atoms with E-state index in [9.17, 15) is 14.7 Å². The van der Waals surface area contributed by atoms with Crippen molar-refractivity contribution >= 4 is 17.7 Å². The minimum atomic E-state index is -0.604. The van der Waals surface area contributed by atoms with E-state index in [0.29, 0.717) is 30.0 Å². The van der Waals surface area contributed by atoms with Crippen LogP contribution in [0.1, 0.15) is 46.0 Å². The average Bonchev–Trinajstić information content (AvgIpc) is 3.17. The minimum absolute atomic E-state index is 0.0319. The van der Waals surface area contributed by atoms with Gasteiger partial charge in [0.2, 0.25) is 0 Å². The molecule has 0 spiro atoms. The van der Waals surface area contributed by atoms with Crippen LogP contribution in [-0.4, -0.2) is 50.2 Å². The van der Waals surface area contributed by atoms with Crippen molar-refractivity contribution < 1.29 is 33.6 Å². The highest BCUT2D eigenvalue weighted by molar-refractivity contribution is 5.85. The molecule has 2 N–H and O–H groups in total. The van der Waals surface area contributed by atoms with Crippen LogP contribution in [0.5, 0.6) is 11.5 Å². The molecule has 1 aromatic carbocycles. The molecule has 32 heavy (non-hydrogen) atoms. The largest absolute Gasteiger partial charge is 0.497 e. The minimum Gasteiger partial charge on any atom is -0.497 e. The summed E-state index contributed by atoms with van der Waals surface area (Å²) in [6.07, 6.45) is 2.44. The number of amides is 1. The molecule has 2 saturated carbocycles. The highest BCUT2D eigenvalue weighted by Crippen LogP contribution is 2.62. The zero-order valence-electron chi connectivity index (χ0n) is 19.2. The summed E-state index contributed by atoms with van der Waals surface area (Å²) in [5.41, 5.74) is -0.240. The summed E-state index contributed by atoms with van der Waals surface area (Å²) in [6, 6.07) is 5.09. The number of ether oxygens (including phenoxy) is 4. The van der Waals surface area contributed by atoms with Gasteiger partial charge in [-0.3, -0.25) is 10.1 Å². The number of carbonyl (C=O) groups is 2. The number of benzene rings is 1. The summed E-state index contributed by atoms with van der Waals surface area (Å²) in [6.45, 7) is 4.12. The Hall–Kier alpha value is -2.48. The van der Waals surface area contributed by atoms with Gasteiger partial charge in [0.25, 0.3) is 0 Å². The second-order valence-corrected chi connectivity index (χ2v) is 9.80. The summed E-state index contributed by atoms with van der Waals surface area (Å²) in [7, 11) is 3.08. The van der Waals surface area contributed by atoms with Gasteiger partial charge in [0.15, 0.2) is 0 Å². The maximum absolute atomic E-state index is 12.8. The van der Waals surface area contributed by atoms with E-state index in [0.717, 1.165) is 19.3 Å². The standard InChI is InChI=1S/C24H33NO7/c1-23-8-7-20(32-22(28)25-14-9-15(29-3)11-16(10-14)30-4)24(2,13-26)19(23)6-5-18-17(23)12-21(27)31-18/h9-11,17-20,26H,5-8,12-13H2,1-4H3,(H,25,28)/t17-,18-,19+,20-,23+,24+/m1/s1. The van der Waals surface area contributed by atoms with Crippen molar-refractivity contribution in [3.05, 3.63) is 18.2 Å². The first-order valence-corrected chi connectivity index (χ1v) is 11.2. The highest BCUT2D eigenvalue weighted by atomic mass is 16.6. The lowest BCUT2D eigenvalue weighted by molar-refractivity contribution is -0.174. The molecular weight excluding hydrogens is 414 g/mol. The zero-order valence-corrected chi connectivity index (χ0v) is 19.2. The Labute approximate surface area is 188 Å². The van der Waals surface area contributed by atoms with Gasteiger partial charge in [0.05, 0.1) is 32.9 Å². The summed E-state index contributed by atoms with van der Waals surface area (Å²) in [4.78, 5) is 24.8. The zero-order chi connectivity index (χ0) is 23.1. The van der Waals surface area contributed by atoms with E-state index in [1.54, 1.807) is 32.4 Å². The summed E-state index contributed by atoms with van der Waals surface area (Å²) >= 11 is 0. The lowest BCUT2D eigenvalue weighted by atomic mass is 9.46. The van der Waals surface area contributed by atoms with Crippen LogP contribution in [-0.2, 0) is 14.3 Å². The van der Waals surface area contributed by atoms with Gasteiger partial charge in [-0.2, -0.15) is 0 Å². The quantitative estimate of drug-likeness (QED) is 0.663. The number of fused-ring (bicyclic) bond motifs is 3. The van der Waals surface area contributed by atoms with Gasteiger partial charge in [-0.15, -0.1) is 0 Å². The molecular formula is C24H33NO7. The fourth-order valence-corrected chi connectivity index (χ4v) is 6.45. The fourth-order valence-electron chi connectivity index (χ4n) is 6.45. The highest BCUT2D eigenvalue weighted by Gasteiger charge is 2.62. The van der Waals surface area contributed by atoms with Gasteiger partial charge >= 0.3 is 12.1 Å². The van der Waals surface area contributed by atoms with E-state index in [-0.39, 0.29) is 35.9 Å². The number of anilines is 1. The smallest absolute Gasteiger partial charge is 0.411 e. The normalized spacial score (nSPS) is 35.8. The molecule has 0 bridgehead atoms. The molecule has 0 unspecified atom stereocenters. The molecule has 6 atom stereocenters. The van der Waals surface area contributed by atoms with E-state index < -0.39 is 17.6 Å². The number of rotatable bonds is 5. The van der Waals surface area contributed by atoms with Crippen LogP contribution < -0.4 is 14.8 Å². The van der Waals surface area contributed by atoms with Crippen molar-refractivity contribution in [2.75, 3.05) is 26.1 Å². The number of hydrogen-bond acceptors (Lipinski definition) is 7. The molecule has 8 heteroatoms. The van der Waals surface area contributed by atoms with Crippen molar-refractivity contribution in [2.24, 2.45) is 22.7 Å². The van der Waals surface area contributed by atoms with E-state index in [2.05, 4.69) is 12.2 Å². The SMILES string of the molecule is COc1cc(NC(=O)O[C@@H]2CC[C@]3(C)[C@H](CC[C@H]4OC(=O)C[C@H]43)[C@]2(C)CO)cc(OC)c1. The molecule has 1 heterocycles. The Morgan fingerprint density at radius 2 is 1.84 bits per heavy atom. The second-order valence-electron chi connectivity index (χ2n) is 9.80. The molecule has 2 aliphatic carbocycles. The second kappa shape index (κ2) is 8.46. The number of aliphatic hydroxyl groups is 1. The Kier molecular flexibility index (Phi) is 6.00. The predicted molar refractivity (Wildman–Crippen MR) is 117 cm³/mol. The first-order valence-electron chi connectivity index (χ1n) is 11.2. The van der Waals surface area contributed by atoms with Crippen LogP contribution >= 0.6 is 0 Å². The Morgan fingerprint density at radius 1 is 1.16 bits per heavy atom. The number of hydrogen-bond donors (Lipinski definition) is 2. The molecule has 3 aliphatic rings. The Balaban J connectivity index is 1.50. The van der Waals surface area contributed by atoms with E-state index in [4.69, 9.17) is 18.9 Å². The molecule has 1 aromatic rings. The fraction of sp³-hybridized carbons (Fsp3) is 0.667. The Bertz CT molecular complexity index is 867. The molecule has 8 nitrogen and oxygen atoms in total. The maximum Gasteiger partial charge on any atom is 0.411 e. The van der Waals surface area contributed by atoms with E-state index >= 15 is 0 Å². The number of aliphatic hydroxyl groups excluding tert-OH is 1. The summed E-state index contributed by atoms with van der Waals surface area (Å²) in [5.74, 6) is 1.26. The van der Waals surface area contributed by atoms with Crippen LogP contribution in [0.15, 0.2) is 18.2 Å². The van der Waals surface area contributed by atoms with Crippen LogP contribution in [0, 0.1) is 22.7 Å². The van der Waals surface area contributed by atoms with Crippen molar-refractivity contribution in [2.45, 2.75) is 58.2 Å². The number of esters is 1. The van der Waals surface area contributed by atoms with Crippen LogP contribution in [0.2, 0.25) is 0 Å². The predicted octanol–water partition coefficient (Wildman–Crippen LogP) is 3.76. The first-order chi connectivity index (χ1) is 15.2. The summed E-state index contributed by atoms with van der Waals surface area (Å²) in [5, 5.41) is 13.2. The first kappa shape index (κ1) is 22.7. The number of nitrogens with one attached hydrogen (secondary N) is 1. The third-order valence-electron chi connectivity index (χ3n) is 8.17. The van der Waals surface area contributed by atoms with Crippen LogP contribution in [0.4, 0.5) is 10.5 Å². The number of methoxy groups -OCH3 is 2. The van der Waals surface area contributed by atoms with E-state index in [1.807, 2.05) is 6.92 Å². The summed E-state index contributed by atoms with van der Waals surface area (Å²) < 4.78 is 21.9. The van der Waals surface area contributed by atoms with Gasteiger partial charge in [-0.05, 0) is 37.0 Å². The molecule has 0 radical (unpaired) electrons. The van der Waals surface area contributed by atoms with E-state index in [1.165, 1.54) is 0 Å². The molecule has 3 fully saturated rings. The van der Waals surface area contributed by atoms with Crippen LogP contribution in [0.25, 0.3) is 0 Å². The molecule has 1 aliphatic heterocycles. The monoisotopic (exact) mass is 447 g/mol. The Morgan fingerprint density at radius 3 is 2.47 bits per heavy atom. The van der Waals surface area contributed by atoms with Crippen molar-refractivity contribution in [1.82, 2.24) is 0 Å². The van der Waals surface area contributed by atoms with Gasteiger partial charge in [-0.1, -0.05) is 13.8 Å². The van der Waals surface area contributed by atoms with Crippen molar-refractivity contribution in [3.63, 3.8) is 0 Å². The maximum atomic E-state index is 12.8. The third kappa shape index (κ3) is 3.78. The van der Waals surface area contributed by atoms with Gasteiger partial charge in [0, 0.05) is 29.5 Å². The molecule has 1 saturated heterocycles.